The Morgan fingerprint density at radius 1 is 1.00 bits per heavy atom. The molecule has 0 unspecified atom stereocenters. The Kier molecular flexibility index (Phi) is 4.58. The third-order valence-electron chi connectivity index (χ3n) is 5.30. The number of H-pyrrole nitrogens is 1. The number of fused-ring (bicyclic) bond motifs is 1. The highest BCUT2D eigenvalue weighted by Crippen LogP contribution is 2.36. The first-order valence-electron chi connectivity index (χ1n) is 9.11. The van der Waals surface area contributed by atoms with Gasteiger partial charge < -0.3 is 5.32 Å². The van der Waals surface area contributed by atoms with Crippen LogP contribution in [-0.4, -0.2) is 21.2 Å². The molecule has 2 aromatic carbocycles. The van der Waals surface area contributed by atoms with E-state index in [1.165, 1.54) is 6.07 Å². The van der Waals surface area contributed by atoms with E-state index in [4.69, 9.17) is 0 Å². The van der Waals surface area contributed by atoms with E-state index in [2.05, 4.69) is 15.5 Å². The molecule has 3 aromatic rings. The van der Waals surface area contributed by atoms with Crippen molar-refractivity contribution in [2.75, 3.05) is 5.32 Å². The molecule has 2 N–H and O–H groups in total. The average molecular weight is 364 g/mol. The van der Waals surface area contributed by atoms with Crippen LogP contribution in [-0.2, 0) is 0 Å². The number of nitro benzene ring substituents is 1. The first-order chi connectivity index (χ1) is 13.1. The summed E-state index contributed by atoms with van der Waals surface area (Å²) in [6, 6.07) is 14.5. The Hall–Kier alpha value is -3.22. The van der Waals surface area contributed by atoms with Gasteiger partial charge in [0.15, 0.2) is 0 Å². The van der Waals surface area contributed by atoms with Crippen LogP contribution in [0.1, 0.15) is 37.3 Å². The Morgan fingerprint density at radius 2 is 1.67 bits per heavy atom. The number of aromatic nitrogens is 2. The number of benzene rings is 2. The number of hydrogen-bond acceptors (Lipinski definition) is 5. The van der Waals surface area contributed by atoms with Crippen LogP contribution in [0.25, 0.3) is 10.8 Å². The van der Waals surface area contributed by atoms with E-state index in [9.17, 15) is 14.9 Å². The molecule has 1 fully saturated rings. The molecule has 7 heteroatoms. The average Bonchev–Trinajstić information content (AvgIpc) is 2.70. The van der Waals surface area contributed by atoms with Gasteiger partial charge in [0.05, 0.1) is 16.0 Å². The molecule has 27 heavy (non-hydrogen) atoms. The predicted molar refractivity (Wildman–Crippen MR) is 104 cm³/mol. The van der Waals surface area contributed by atoms with Crippen LogP contribution >= 0.6 is 0 Å². The maximum atomic E-state index is 12.0. The first-order valence-corrected chi connectivity index (χ1v) is 9.11. The molecular formula is C20H20N4O3. The van der Waals surface area contributed by atoms with Gasteiger partial charge >= 0.3 is 0 Å². The van der Waals surface area contributed by atoms with Crippen molar-refractivity contribution >= 4 is 22.1 Å². The minimum atomic E-state index is -0.357. The van der Waals surface area contributed by atoms with Crippen molar-refractivity contribution in [1.82, 2.24) is 10.2 Å². The van der Waals surface area contributed by atoms with Gasteiger partial charge in [-0.25, -0.2) is 5.10 Å². The van der Waals surface area contributed by atoms with E-state index in [-0.39, 0.29) is 28.1 Å². The zero-order valence-corrected chi connectivity index (χ0v) is 14.7. The van der Waals surface area contributed by atoms with Crippen molar-refractivity contribution < 1.29 is 4.92 Å². The van der Waals surface area contributed by atoms with Gasteiger partial charge in [0.25, 0.3) is 11.2 Å². The summed E-state index contributed by atoms with van der Waals surface area (Å²) in [5.41, 5.74) is 1.45. The lowest BCUT2D eigenvalue weighted by Gasteiger charge is -2.29. The lowest BCUT2D eigenvalue weighted by molar-refractivity contribution is -0.384. The number of anilines is 1. The van der Waals surface area contributed by atoms with Gasteiger partial charge in [-0.2, -0.15) is 5.10 Å². The number of aromatic amines is 1. The Balaban J connectivity index is 1.50. The molecule has 0 radical (unpaired) electrons. The van der Waals surface area contributed by atoms with Crippen LogP contribution < -0.4 is 10.9 Å². The number of nitrogens with zero attached hydrogens (tertiary/aromatic N) is 2. The molecule has 0 atom stereocenters. The van der Waals surface area contributed by atoms with Crippen molar-refractivity contribution in [3.05, 3.63) is 74.7 Å². The van der Waals surface area contributed by atoms with E-state index in [0.717, 1.165) is 36.8 Å². The van der Waals surface area contributed by atoms with Crippen LogP contribution in [0.3, 0.4) is 0 Å². The Labute approximate surface area is 155 Å². The molecule has 1 aliphatic rings. The number of para-hydroxylation sites is 2. The molecule has 0 spiro atoms. The predicted octanol–water partition coefficient (Wildman–Crippen LogP) is 3.97. The summed E-state index contributed by atoms with van der Waals surface area (Å²) in [7, 11) is 0. The van der Waals surface area contributed by atoms with Gasteiger partial charge in [-0.3, -0.25) is 14.9 Å². The lowest BCUT2D eigenvalue weighted by Crippen LogP contribution is -2.26. The molecule has 1 aromatic heterocycles. The van der Waals surface area contributed by atoms with Gasteiger partial charge in [0.1, 0.15) is 5.69 Å². The second-order valence-corrected chi connectivity index (χ2v) is 6.95. The second-order valence-electron chi connectivity index (χ2n) is 6.95. The van der Waals surface area contributed by atoms with Gasteiger partial charge in [0, 0.05) is 23.4 Å². The number of rotatable bonds is 4. The largest absolute Gasteiger partial charge is 0.377 e. The maximum Gasteiger partial charge on any atom is 0.292 e. The SMILES string of the molecule is O=c1[nH]nc([C@H]2CC[C@H](Nc3ccccc3[N+](=O)[O-])CC2)c2ccccc12. The minimum Gasteiger partial charge on any atom is -0.377 e. The van der Waals surface area contributed by atoms with Crippen molar-refractivity contribution in [3.63, 3.8) is 0 Å². The van der Waals surface area contributed by atoms with E-state index < -0.39 is 0 Å². The van der Waals surface area contributed by atoms with Crippen molar-refractivity contribution in [1.29, 1.82) is 0 Å². The third kappa shape index (κ3) is 3.40. The monoisotopic (exact) mass is 364 g/mol. The van der Waals surface area contributed by atoms with Gasteiger partial charge in [-0.1, -0.05) is 30.3 Å². The molecule has 0 aliphatic heterocycles. The van der Waals surface area contributed by atoms with Crippen molar-refractivity contribution in [3.8, 4) is 0 Å². The van der Waals surface area contributed by atoms with Crippen LogP contribution in [0, 0.1) is 10.1 Å². The molecular weight excluding hydrogens is 344 g/mol. The molecule has 0 amide bonds. The highest BCUT2D eigenvalue weighted by molar-refractivity contribution is 5.83. The summed E-state index contributed by atoms with van der Waals surface area (Å²) in [5, 5.41) is 23.0. The molecule has 4 rings (SSSR count). The molecule has 138 valence electrons. The number of nitro groups is 1. The van der Waals surface area contributed by atoms with Gasteiger partial charge in [-0.05, 0) is 37.8 Å². The summed E-state index contributed by atoms with van der Waals surface area (Å²) in [6.45, 7) is 0. The molecule has 7 nitrogen and oxygen atoms in total. The Morgan fingerprint density at radius 3 is 2.41 bits per heavy atom. The summed E-state index contributed by atoms with van der Waals surface area (Å²) in [6.07, 6.45) is 3.63. The fourth-order valence-corrected chi connectivity index (χ4v) is 3.93. The van der Waals surface area contributed by atoms with Gasteiger partial charge in [-0.15, -0.1) is 0 Å². The van der Waals surface area contributed by atoms with E-state index in [0.29, 0.717) is 11.1 Å². The molecule has 1 heterocycles. The smallest absolute Gasteiger partial charge is 0.292 e. The quantitative estimate of drug-likeness (QED) is 0.539. The Bertz CT molecular complexity index is 1040. The minimum absolute atomic E-state index is 0.105. The molecule has 1 aliphatic carbocycles. The normalized spacial score (nSPS) is 19.7. The summed E-state index contributed by atoms with van der Waals surface area (Å²) in [5.74, 6) is 0.274. The van der Waals surface area contributed by atoms with Crippen LogP contribution in [0.4, 0.5) is 11.4 Å². The van der Waals surface area contributed by atoms with E-state index in [1.807, 2.05) is 24.3 Å². The van der Waals surface area contributed by atoms with Crippen LogP contribution in [0.5, 0.6) is 0 Å². The van der Waals surface area contributed by atoms with Crippen LogP contribution in [0.15, 0.2) is 53.3 Å². The van der Waals surface area contributed by atoms with E-state index >= 15 is 0 Å². The fourth-order valence-electron chi connectivity index (χ4n) is 3.93. The van der Waals surface area contributed by atoms with Crippen LogP contribution in [0.2, 0.25) is 0 Å². The zero-order chi connectivity index (χ0) is 18.8. The lowest BCUT2D eigenvalue weighted by atomic mass is 9.82. The molecule has 0 saturated heterocycles. The highest BCUT2D eigenvalue weighted by atomic mass is 16.6. The zero-order valence-electron chi connectivity index (χ0n) is 14.7. The summed E-state index contributed by atoms with van der Waals surface area (Å²) < 4.78 is 0. The second kappa shape index (κ2) is 7.19. The first kappa shape index (κ1) is 17.2. The molecule has 1 saturated carbocycles. The highest BCUT2D eigenvalue weighted by Gasteiger charge is 2.26. The standard InChI is InChI=1S/C20H20N4O3/c25-20-16-6-2-1-5-15(16)19(22-23-20)13-9-11-14(12-10-13)21-17-7-3-4-8-18(17)24(26)27/h1-8,13-14,21H,9-12H2,(H,23,25)/t13-,14-. The topological polar surface area (TPSA) is 101 Å². The fraction of sp³-hybridized carbons (Fsp3) is 0.300. The van der Waals surface area contributed by atoms with Gasteiger partial charge in [0.2, 0.25) is 0 Å². The number of nitrogens with one attached hydrogen (secondary N) is 2. The third-order valence-corrected chi connectivity index (χ3v) is 5.30. The maximum absolute atomic E-state index is 12.0. The van der Waals surface area contributed by atoms with Crippen molar-refractivity contribution in [2.45, 2.75) is 37.6 Å². The van der Waals surface area contributed by atoms with E-state index in [1.54, 1.807) is 18.2 Å². The summed E-state index contributed by atoms with van der Waals surface area (Å²) >= 11 is 0. The summed E-state index contributed by atoms with van der Waals surface area (Å²) in [4.78, 5) is 22.8. The molecule has 0 bridgehead atoms. The van der Waals surface area contributed by atoms with Crippen molar-refractivity contribution in [2.24, 2.45) is 0 Å². The number of hydrogen-bond donors (Lipinski definition) is 2.